The molecule has 0 spiro atoms. The van der Waals surface area contributed by atoms with Crippen molar-refractivity contribution in [2.75, 3.05) is 5.32 Å². The highest BCUT2D eigenvalue weighted by atomic mass is 16.2. The second-order valence-electron chi connectivity index (χ2n) is 4.13. The van der Waals surface area contributed by atoms with Crippen LogP contribution >= 0.6 is 0 Å². The predicted octanol–water partition coefficient (Wildman–Crippen LogP) is 1.18. The van der Waals surface area contributed by atoms with E-state index in [1.54, 1.807) is 24.4 Å². The fraction of sp³-hybridized carbons (Fsp3) is 0.417. The van der Waals surface area contributed by atoms with Crippen LogP contribution in [0.25, 0.3) is 0 Å². The molecule has 1 rings (SSSR count). The number of aromatic nitrogens is 1. The van der Waals surface area contributed by atoms with Crippen molar-refractivity contribution in [1.29, 1.82) is 0 Å². The maximum Gasteiger partial charge on any atom is 0.248 e. The molecule has 1 aromatic heterocycles. The summed E-state index contributed by atoms with van der Waals surface area (Å²) in [6.07, 6.45) is 1.60. The number of anilines is 1. The summed E-state index contributed by atoms with van der Waals surface area (Å²) in [5.41, 5.74) is 0. The van der Waals surface area contributed by atoms with Crippen LogP contribution in [-0.4, -0.2) is 22.8 Å². The zero-order chi connectivity index (χ0) is 12.8. The van der Waals surface area contributed by atoms with E-state index in [-0.39, 0.29) is 17.7 Å². The minimum atomic E-state index is -0.547. The standard InChI is InChI=1S/C12H17N3O2/c1-8(2)11(14-9(3)16)12(17)15-10-6-4-5-7-13-10/h4-8,11H,1-3H3,(H,14,16)(H,13,15,17). The van der Waals surface area contributed by atoms with E-state index in [2.05, 4.69) is 15.6 Å². The van der Waals surface area contributed by atoms with Crippen molar-refractivity contribution in [3.63, 3.8) is 0 Å². The van der Waals surface area contributed by atoms with E-state index in [1.165, 1.54) is 6.92 Å². The van der Waals surface area contributed by atoms with Gasteiger partial charge in [0.15, 0.2) is 0 Å². The SMILES string of the molecule is CC(=O)NC(C(=O)Nc1ccccn1)C(C)C. The van der Waals surface area contributed by atoms with Gasteiger partial charge in [-0.3, -0.25) is 9.59 Å². The molecule has 1 atom stereocenters. The lowest BCUT2D eigenvalue weighted by molar-refractivity contribution is -0.126. The minimum absolute atomic E-state index is 0.0163. The predicted molar refractivity (Wildman–Crippen MR) is 65.3 cm³/mol. The Bertz CT molecular complexity index is 390. The Kier molecular flexibility index (Phi) is 4.63. The van der Waals surface area contributed by atoms with Gasteiger partial charge in [0, 0.05) is 13.1 Å². The third kappa shape index (κ3) is 4.22. The molecule has 2 amide bonds. The van der Waals surface area contributed by atoms with Gasteiger partial charge in [-0.05, 0) is 18.1 Å². The van der Waals surface area contributed by atoms with Crippen molar-refractivity contribution in [1.82, 2.24) is 10.3 Å². The summed E-state index contributed by atoms with van der Waals surface area (Å²) in [5.74, 6) is 0.0184. The van der Waals surface area contributed by atoms with Gasteiger partial charge < -0.3 is 10.6 Å². The van der Waals surface area contributed by atoms with Crippen LogP contribution in [0.5, 0.6) is 0 Å². The summed E-state index contributed by atoms with van der Waals surface area (Å²) in [5, 5.41) is 5.28. The molecule has 0 radical (unpaired) electrons. The molecule has 0 aromatic carbocycles. The van der Waals surface area contributed by atoms with Gasteiger partial charge in [0.2, 0.25) is 11.8 Å². The highest BCUT2D eigenvalue weighted by Crippen LogP contribution is 2.06. The molecule has 0 saturated heterocycles. The van der Waals surface area contributed by atoms with E-state index < -0.39 is 6.04 Å². The molecular weight excluding hydrogens is 218 g/mol. The molecule has 1 aromatic rings. The molecule has 17 heavy (non-hydrogen) atoms. The summed E-state index contributed by atoms with van der Waals surface area (Å²) >= 11 is 0. The Balaban J connectivity index is 2.69. The average Bonchev–Trinajstić information content (AvgIpc) is 2.26. The number of amides is 2. The van der Waals surface area contributed by atoms with Gasteiger partial charge in [-0.2, -0.15) is 0 Å². The second-order valence-corrected chi connectivity index (χ2v) is 4.13. The molecular formula is C12H17N3O2. The van der Waals surface area contributed by atoms with Crippen molar-refractivity contribution in [2.45, 2.75) is 26.8 Å². The van der Waals surface area contributed by atoms with Crippen molar-refractivity contribution in [3.05, 3.63) is 24.4 Å². The molecule has 1 heterocycles. The zero-order valence-corrected chi connectivity index (χ0v) is 10.2. The lowest BCUT2D eigenvalue weighted by atomic mass is 10.0. The fourth-order valence-electron chi connectivity index (χ4n) is 1.39. The number of nitrogens with one attached hydrogen (secondary N) is 2. The molecule has 0 aliphatic heterocycles. The highest BCUT2D eigenvalue weighted by Gasteiger charge is 2.23. The van der Waals surface area contributed by atoms with E-state index in [4.69, 9.17) is 0 Å². The summed E-state index contributed by atoms with van der Waals surface area (Å²) in [4.78, 5) is 26.9. The smallest absolute Gasteiger partial charge is 0.248 e. The third-order valence-electron chi connectivity index (χ3n) is 2.22. The first kappa shape index (κ1) is 13.2. The van der Waals surface area contributed by atoms with Crippen molar-refractivity contribution >= 4 is 17.6 Å². The molecule has 0 aliphatic carbocycles. The number of carbonyl (C=O) groups is 2. The lowest BCUT2D eigenvalue weighted by Crippen LogP contribution is -2.46. The Morgan fingerprint density at radius 1 is 1.29 bits per heavy atom. The van der Waals surface area contributed by atoms with Crippen LogP contribution in [0.4, 0.5) is 5.82 Å². The number of carbonyl (C=O) groups excluding carboxylic acids is 2. The first-order valence-electron chi connectivity index (χ1n) is 5.49. The van der Waals surface area contributed by atoms with Gasteiger partial charge in [-0.1, -0.05) is 19.9 Å². The molecule has 0 bridgehead atoms. The normalized spacial score (nSPS) is 12.0. The quantitative estimate of drug-likeness (QED) is 0.823. The number of hydrogen-bond acceptors (Lipinski definition) is 3. The van der Waals surface area contributed by atoms with E-state index in [1.807, 2.05) is 13.8 Å². The van der Waals surface area contributed by atoms with E-state index in [9.17, 15) is 9.59 Å². The number of hydrogen-bond donors (Lipinski definition) is 2. The molecule has 2 N–H and O–H groups in total. The molecule has 0 aliphatic rings. The van der Waals surface area contributed by atoms with Crippen LogP contribution in [-0.2, 0) is 9.59 Å². The number of pyridine rings is 1. The van der Waals surface area contributed by atoms with Gasteiger partial charge in [0.25, 0.3) is 0 Å². The number of nitrogens with zero attached hydrogens (tertiary/aromatic N) is 1. The van der Waals surface area contributed by atoms with E-state index >= 15 is 0 Å². The summed E-state index contributed by atoms with van der Waals surface area (Å²) in [6, 6.07) is 4.70. The fourth-order valence-corrected chi connectivity index (χ4v) is 1.39. The van der Waals surface area contributed by atoms with E-state index in [0.717, 1.165) is 0 Å². The molecule has 5 heteroatoms. The number of rotatable bonds is 4. The van der Waals surface area contributed by atoms with E-state index in [0.29, 0.717) is 5.82 Å². The maximum absolute atomic E-state index is 11.9. The Labute approximate surface area is 101 Å². The lowest BCUT2D eigenvalue weighted by Gasteiger charge is -2.20. The zero-order valence-electron chi connectivity index (χ0n) is 10.2. The Morgan fingerprint density at radius 2 is 2.00 bits per heavy atom. The average molecular weight is 235 g/mol. The van der Waals surface area contributed by atoms with Gasteiger partial charge in [0.1, 0.15) is 11.9 Å². The maximum atomic E-state index is 11.9. The van der Waals surface area contributed by atoms with Gasteiger partial charge in [-0.15, -0.1) is 0 Å². The van der Waals surface area contributed by atoms with Crippen LogP contribution in [0.2, 0.25) is 0 Å². The largest absolute Gasteiger partial charge is 0.344 e. The molecule has 5 nitrogen and oxygen atoms in total. The Morgan fingerprint density at radius 3 is 2.47 bits per heavy atom. The molecule has 92 valence electrons. The van der Waals surface area contributed by atoms with Crippen molar-refractivity contribution in [3.8, 4) is 0 Å². The molecule has 1 unspecified atom stereocenters. The van der Waals surface area contributed by atoms with Crippen molar-refractivity contribution in [2.24, 2.45) is 5.92 Å². The van der Waals surface area contributed by atoms with Crippen LogP contribution < -0.4 is 10.6 Å². The first-order valence-corrected chi connectivity index (χ1v) is 5.49. The van der Waals surface area contributed by atoms with Crippen molar-refractivity contribution < 1.29 is 9.59 Å². The third-order valence-corrected chi connectivity index (χ3v) is 2.22. The summed E-state index contributed by atoms with van der Waals surface area (Å²) in [7, 11) is 0. The minimum Gasteiger partial charge on any atom is -0.344 e. The van der Waals surface area contributed by atoms with Gasteiger partial charge >= 0.3 is 0 Å². The van der Waals surface area contributed by atoms with Crippen LogP contribution in [0.15, 0.2) is 24.4 Å². The highest BCUT2D eigenvalue weighted by molar-refractivity contribution is 5.96. The topological polar surface area (TPSA) is 71.1 Å². The first-order chi connectivity index (χ1) is 8.00. The summed E-state index contributed by atoms with van der Waals surface area (Å²) < 4.78 is 0. The van der Waals surface area contributed by atoms with Crippen LogP contribution in [0.1, 0.15) is 20.8 Å². The summed E-state index contributed by atoms with van der Waals surface area (Å²) in [6.45, 7) is 5.14. The van der Waals surface area contributed by atoms with Crippen LogP contribution in [0.3, 0.4) is 0 Å². The van der Waals surface area contributed by atoms with Gasteiger partial charge in [-0.25, -0.2) is 4.98 Å². The van der Waals surface area contributed by atoms with Gasteiger partial charge in [0.05, 0.1) is 0 Å². The molecule has 0 saturated carbocycles. The second kappa shape index (κ2) is 5.98. The monoisotopic (exact) mass is 235 g/mol. The van der Waals surface area contributed by atoms with Crippen LogP contribution in [0, 0.1) is 5.92 Å². The molecule has 0 fully saturated rings. The Hall–Kier alpha value is -1.91.